The van der Waals surface area contributed by atoms with Crippen molar-refractivity contribution in [2.24, 2.45) is 0 Å². The Labute approximate surface area is 180 Å². The summed E-state index contributed by atoms with van der Waals surface area (Å²) in [5.74, 6) is -0.317. The van der Waals surface area contributed by atoms with Crippen LogP contribution in [0.3, 0.4) is 0 Å². The van der Waals surface area contributed by atoms with Gasteiger partial charge in [0.05, 0.1) is 16.8 Å². The van der Waals surface area contributed by atoms with E-state index in [9.17, 15) is 23.1 Å². The monoisotopic (exact) mass is 452 g/mol. The number of hydrogen-bond donors (Lipinski definition) is 2. The molecule has 164 valence electrons. The molecule has 0 saturated carbocycles. The molecule has 0 saturated heterocycles. The summed E-state index contributed by atoms with van der Waals surface area (Å²) >= 11 is 1.52. The second-order valence-electron chi connectivity index (χ2n) is 6.52. The summed E-state index contributed by atoms with van der Waals surface area (Å²) in [6.07, 6.45) is -5.89. The lowest BCUT2D eigenvalue weighted by Gasteiger charge is -2.14. The molecule has 31 heavy (non-hydrogen) atoms. The van der Waals surface area contributed by atoms with Crippen molar-refractivity contribution in [3.05, 3.63) is 75.7 Å². The van der Waals surface area contributed by atoms with E-state index in [-0.39, 0.29) is 13.2 Å². The molecule has 0 aliphatic rings. The first-order valence-electron chi connectivity index (χ1n) is 9.15. The molecule has 3 rings (SSSR count). The number of carbonyl (C=O) groups is 1. The van der Waals surface area contributed by atoms with Crippen molar-refractivity contribution >= 4 is 17.2 Å². The van der Waals surface area contributed by atoms with E-state index in [1.54, 1.807) is 24.3 Å². The van der Waals surface area contributed by atoms with Gasteiger partial charge >= 0.3 is 6.36 Å². The molecular weight excluding hydrogens is 433 g/mol. The van der Waals surface area contributed by atoms with Crippen molar-refractivity contribution in [3.8, 4) is 11.5 Å². The number of benzene rings is 2. The van der Waals surface area contributed by atoms with Crippen molar-refractivity contribution in [3.63, 3.8) is 0 Å². The van der Waals surface area contributed by atoms with Crippen molar-refractivity contribution in [1.82, 2.24) is 10.3 Å². The molecule has 2 N–H and O–H groups in total. The number of hydrogen-bond acceptors (Lipinski definition) is 6. The standard InChI is InChI=1S/C21H19F3N2O4S/c1-13-26-16(12-31-13)11-29-18-4-2-3-15(9-18)20(28)25-10-19(27)14-5-7-17(8-6-14)30-21(22,23)24/h2-9,12,19,27H,10-11H2,1H3,(H,25,28). The van der Waals surface area contributed by atoms with Crippen LogP contribution in [0.2, 0.25) is 0 Å². The van der Waals surface area contributed by atoms with Gasteiger partial charge in [-0.25, -0.2) is 4.98 Å². The Balaban J connectivity index is 1.52. The average Bonchev–Trinajstić information content (AvgIpc) is 3.15. The average molecular weight is 452 g/mol. The molecule has 2 aromatic carbocycles. The minimum absolute atomic E-state index is 0.124. The van der Waals surface area contributed by atoms with Gasteiger partial charge in [-0.3, -0.25) is 4.79 Å². The fraction of sp³-hybridized carbons (Fsp3) is 0.238. The van der Waals surface area contributed by atoms with Crippen LogP contribution >= 0.6 is 11.3 Å². The van der Waals surface area contributed by atoms with Crippen LogP contribution in [0.1, 0.15) is 32.7 Å². The van der Waals surface area contributed by atoms with E-state index >= 15 is 0 Å². The molecule has 10 heteroatoms. The molecule has 0 aliphatic heterocycles. The second-order valence-corrected chi connectivity index (χ2v) is 7.58. The van der Waals surface area contributed by atoms with E-state index in [2.05, 4.69) is 15.0 Å². The van der Waals surface area contributed by atoms with Crippen molar-refractivity contribution in [2.75, 3.05) is 6.54 Å². The lowest BCUT2D eigenvalue weighted by atomic mass is 10.1. The molecule has 1 heterocycles. The Morgan fingerprint density at radius 3 is 2.58 bits per heavy atom. The van der Waals surface area contributed by atoms with E-state index in [1.165, 1.54) is 23.5 Å². The number of ether oxygens (including phenoxy) is 2. The lowest BCUT2D eigenvalue weighted by Crippen LogP contribution is -2.28. The predicted octanol–water partition coefficient (Wildman–Crippen LogP) is 4.39. The Morgan fingerprint density at radius 1 is 1.19 bits per heavy atom. The van der Waals surface area contributed by atoms with Crippen LogP contribution in [0.5, 0.6) is 11.5 Å². The molecule has 0 radical (unpaired) electrons. The maximum Gasteiger partial charge on any atom is 0.573 e. The first kappa shape index (κ1) is 22.6. The molecule has 1 unspecified atom stereocenters. The fourth-order valence-corrected chi connectivity index (χ4v) is 3.26. The zero-order valence-electron chi connectivity index (χ0n) is 16.3. The topological polar surface area (TPSA) is 80.7 Å². The summed E-state index contributed by atoms with van der Waals surface area (Å²) in [5.41, 5.74) is 1.48. The number of aliphatic hydroxyl groups is 1. The predicted molar refractivity (Wildman–Crippen MR) is 108 cm³/mol. The molecule has 0 fully saturated rings. The first-order valence-corrected chi connectivity index (χ1v) is 10.0. The summed E-state index contributed by atoms with van der Waals surface area (Å²) in [7, 11) is 0. The normalized spacial score (nSPS) is 12.3. The van der Waals surface area contributed by atoms with Gasteiger partial charge in [0.1, 0.15) is 18.1 Å². The summed E-state index contributed by atoms with van der Waals surface area (Å²) in [6, 6.07) is 11.4. The molecular formula is C21H19F3N2O4S. The van der Waals surface area contributed by atoms with Crippen molar-refractivity contribution in [2.45, 2.75) is 26.0 Å². The molecule has 0 spiro atoms. The van der Waals surface area contributed by atoms with Gasteiger partial charge in [0.2, 0.25) is 0 Å². The number of thiazole rings is 1. The number of nitrogens with zero attached hydrogens (tertiary/aromatic N) is 1. The number of halogens is 3. The maximum atomic E-state index is 12.4. The highest BCUT2D eigenvalue weighted by atomic mass is 32.1. The Kier molecular flexibility index (Phi) is 7.13. The Hall–Kier alpha value is -3.11. The highest BCUT2D eigenvalue weighted by Crippen LogP contribution is 2.24. The van der Waals surface area contributed by atoms with E-state index < -0.39 is 24.1 Å². The number of nitrogens with one attached hydrogen (secondary N) is 1. The van der Waals surface area contributed by atoms with Gasteiger partial charge in [-0.1, -0.05) is 18.2 Å². The van der Waals surface area contributed by atoms with Crippen molar-refractivity contribution in [1.29, 1.82) is 0 Å². The molecule has 0 aliphatic carbocycles. The fourth-order valence-electron chi connectivity index (χ4n) is 2.66. The van der Waals surface area contributed by atoms with E-state index in [1.807, 2.05) is 12.3 Å². The number of aromatic nitrogens is 1. The van der Waals surface area contributed by atoms with E-state index in [0.29, 0.717) is 16.9 Å². The van der Waals surface area contributed by atoms with E-state index in [0.717, 1.165) is 22.8 Å². The van der Waals surface area contributed by atoms with Crippen LogP contribution in [-0.4, -0.2) is 28.9 Å². The SMILES string of the molecule is Cc1nc(COc2cccc(C(=O)NCC(O)c3ccc(OC(F)(F)F)cc3)c2)cs1. The summed E-state index contributed by atoms with van der Waals surface area (Å²) in [6.45, 7) is 2.06. The third kappa shape index (κ3) is 6.97. The summed E-state index contributed by atoms with van der Waals surface area (Å²) in [5, 5.41) is 15.6. The van der Waals surface area contributed by atoms with Gasteiger partial charge in [-0.05, 0) is 42.8 Å². The third-order valence-electron chi connectivity index (χ3n) is 4.10. The number of aliphatic hydroxyl groups excluding tert-OH is 1. The molecule has 1 aromatic heterocycles. The van der Waals surface area contributed by atoms with E-state index in [4.69, 9.17) is 4.74 Å². The second kappa shape index (κ2) is 9.80. The maximum absolute atomic E-state index is 12.4. The molecule has 6 nitrogen and oxygen atoms in total. The van der Waals surface area contributed by atoms with Gasteiger partial charge in [-0.15, -0.1) is 24.5 Å². The highest BCUT2D eigenvalue weighted by Gasteiger charge is 2.31. The molecule has 1 atom stereocenters. The number of rotatable bonds is 8. The minimum atomic E-state index is -4.79. The summed E-state index contributed by atoms with van der Waals surface area (Å²) in [4.78, 5) is 16.7. The van der Waals surface area contributed by atoms with Gasteiger partial charge in [-0.2, -0.15) is 0 Å². The number of aryl methyl sites for hydroxylation is 1. The Bertz CT molecular complexity index is 1020. The third-order valence-corrected chi connectivity index (χ3v) is 4.93. The van der Waals surface area contributed by atoms with Crippen molar-refractivity contribution < 1.29 is 32.5 Å². The van der Waals surface area contributed by atoms with Crippen LogP contribution < -0.4 is 14.8 Å². The quantitative estimate of drug-likeness (QED) is 0.530. The van der Waals surface area contributed by atoms with Gasteiger partial charge < -0.3 is 19.9 Å². The van der Waals surface area contributed by atoms with Crippen LogP contribution in [0.15, 0.2) is 53.9 Å². The van der Waals surface area contributed by atoms with Crippen LogP contribution in [0.25, 0.3) is 0 Å². The number of carbonyl (C=O) groups excluding carboxylic acids is 1. The minimum Gasteiger partial charge on any atom is -0.487 e. The Morgan fingerprint density at radius 2 is 1.94 bits per heavy atom. The van der Waals surface area contributed by atoms with Gasteiger partial charge in [0, 0.05) is 17.5 Å². The highest BCUT2D eigenvalue weighted by molar-refractivity contribution is 7.09. The summed E-state index contributed by atoms with van der Waals surface area (Å²) < 4.78 is 46.1. The molecule has 0 bridgehead atoms. The van der Waals surface area contributed by atoms with Gasteiger partial charge in [0.25, 0.3) is 5.91 Å². The number of alkyl halides is 3. The van der Waals surface area contributed by atoms with Crippen LogP contribution in [-0.2, 0) is 6.61 Å². The van der Waals surface area contributed by atoms with Gasteiger partial charge in [0.15, 0.2) is 0 Å². The largest absolute Gasteiger partial charge is 0.573 e. The smallest absolute Gasteiger partial charge is 0.487 e. The zero-order chi connectivity index (χ0) is 22.4. The number of amides is 1. The van der Waals surface area contributed by atoms with Crippen LogP contribution in [0.4, 0.5) is 13.2 Å². The zero-order valence-corrected chi connectivity index (χ0v) is 17.2. The molecule has 3 aromatic rings. The van der Waals surface area contributed by atoms with Crippen LogP contribution in [0, 0.1) is 6.92 Å². The lowest BCUT2D eigenvalue weighted by molar-refractivity contribution is -0.274. The first-order chi connectivity index (χ1) is 14.7. The molecule has 1 amide bonds.